The Hall–Kier alpha value is -3.29. The summed E-state index contributed by atoms with van der Waals surface area (Å²) >= 11 is 6.71. The number of ether oxygens (including phenoxy) is 1. The molecule has 3 rings (SSSR count). The lowest BCUT2D eigenvalue weighted by atomic mass is 9.98. The third-order valence-corrected chi connectivity index (χ3v) is 5.37. The molecule has 31 heavy (non-hydrogen) atoms. The molecule has 2 aromatic heterocycles. The Kier molecular flexibility index (Phi) is 6.99. The van der Waals surface area contributed by atoms with E-state index in [2.05, 4.69) is 15.4 Å². The Morgan fingerprint density at radius 1 is 1.45 bits per heavy atom. The Morgan fingerprint density at radius 2 is 2.23 bits per heavy atom. The number of amides is 1. The molecule has 0 saturated carbocycles. The molecule has 0 saturated heterocycles. The highest BCUT2D eigenvalue weighted by Crippen LogP contribution is 2.38. The minimum Gasteiger partial charge on any atom is -0.496 e. The molecule has 11 heteroatoms. The van der Waals surface area contributed by atoms with Gasteiger partial charge < -0.3 is 4.74 Å². The average Bonchev–Trinajstić information content (AvgIpc) is 3.08. The molecule has 0 unspecified atom stereocenters. The number of aryl methyl sites for hydroxylation is 2. The van der Waals surface area contributed by atoms with Crippen molar-refractivity contribution in [2.75, 3.05) is 12.4 Å². The van der Waals surface area contributed by atoms with Gasteiger partial charge >= 0.3 is 4.87 Å². The third kappa shape index (κ3) is 4.90. The molecule has 0 aliphatic rings. The molecule has 0 aliphatic heterocycles. The summed E-state index contributed by atoms with van der Waals surface area (Å²) in [6.45, 7) is 1.97. The first-order chi connectivity index (χ1) is 14.8. The van der Waals surface area contributed by atoms with E-state index in [9.17, 15) is 14.0 Å². The van der Waals surface area contributed by atoms with Gasteiger partial charge in [0.1, 0.15) is 5.75 Å². The van der Waals surface area contributed by atoms with Crippen LogP contribution in [-0.2, 0) is 6.54 Å². The zero-order valence-corrected chi connectivity index (χ0v) is 18.2. The minimum atomic E-state index is -0.730. The number of nitrogens with one attached hydrogen (secondary N) is 1. The van der Waals surface area contributed by atoms with E-state index >= 15 is 0 Å². The first-order valence-corrected chi connectivity index (χ1v) is 10.3. The molecular weight excluding hydrogens is 445 g/mol. The standard InChI is InChI=1S/C20H17ClFN5O3S/c1-11-9-12(16-15(30-2)6-5-14(21)17(16)22)13(10-24-11)18(28)25-19-26-27(20(29)31-19)8-4-3-7-23/h5-6,9-10H,3-4,8H2,1-2H3,(H,25,26,28). The maximum absolute atomic E-state index is 14.9. The van der Waals surface area contributed by atoms with E-state index in [0.29, 0.717) is 12.1 Å². The predicted molar refractivity (Wildman–Crippen MR) is 115 cm³/mol. The van der Waals surface area contributed by atoms with Crippen LogP contribution < -0.4 is 14.9 Å². The van der Waals surface area contributed by atoms with Crippen molar-refractivity contribution in [3.05, 3.63) is 56.2 Å². The maximum atomic E-state index is 14.9. The number of unbranched alkanes of at least 4 members (excludes halogenated alkanes) is 1. The smallest absolute Gasteiger partial charge is 0.326 e. The van der Waals surface area contributed by atoms with Crippen molar-refractivity contribution in [1.29, 1.82) is 5.26 Å². The summed E-state index contributed by atoms with van der Waals surface area (Å²) < 4.78 is 21.4. The van der Waals surface area contributed by atoms with Gasteiger partial charge in [0, 0.05) is 30.4 Å². The summed E-state index contributed by atoms with van der Waals surface area (Å²) in [7, 11) is 1.39. The van der Waals surface area contributed by atoms with Gasteiger partial charge in [0.25, 0.3) is 5.91 Å². The molecule has 1 N–H and O–H groups in total. The Labute approximate surface area is 185 Å². The predicted octanol–water partition coefficient (Wildman–Crippen LogP) is 4.03. The normalized spacial score (nSPS) is 10.5. The van der Waals surface area contributed by atoms with Gasteiger partial charge in [-0.2, -0.15) is 5.26 Å². The number of carbonyl (C=O) groups excluding carboxylic acids is 1. The average molecular weight is 462 g/mol. The summed E-state index contributed by atoms with van der Waals surface area (Å²) in [5, 5.41) is 15.2. The Morgan fingerprint density at radius 3 is 2.94 bits per heavy atom. The fourth-order valence-corrected chi connectivity index (χ4v) is 3.72. The van der Waals surface area contributed by atoms with E-state index in [4.69, 9.17) is 21.6 Å². The van der Waals surface area contributed by atoms with Gasteiger partial charge in [0.2, 0.25) is 5.13 Å². The van der Waals surface area contributed by atoms with Gasteiger partial charge in [-0.25, -0.2) is 9.07 Å². The number of carbonyl (C=O) groups is 1. The van der Waals surface area contributed by atoms with Crippen molar-refractivity contribution < 1.29 is 13.9 Å². The highest BCUT2D eigenvalue weighted by atomic mass is 35.5. The van der Waals surface area contributed by atoms with E-state index in [-0.39, 0.29) is 50.4 Å². The molecule has 1 aromatic carbocycles. The molecule has 2 heterocycles. The van der Waals surface area contributed by atoms with E-state index in [1.165, 1.54) is 30.1 Å². The molecule has 0 radical (unpaired) electrons. The molecule has 160 valence electrons. The van der Waals surface area contributed by atoms with Crippen LogP contribution in [0.3, 0.4) is 0 Å². The number of nitrogens with zero attached hydrogens (tertiary/aromatic N) is 4. The van der Waals surface area contributed by atoms with E-state index in [1.54, 1.807) is 13.0 Å². The minimum absolute atomic E-state index is 0.0286. The maximum Gasteiger partial charge on any atom is 0.326 e. The van der Waals surface area contributed by atoms with Crippen LogP contribution in [-0.4, -0.2) is 27.8 Å². The van der Waals surface area contributed by atoms with Gasteiger partial charge in [-0.15, -0.1) is 5.10 Å². The third-order valence-electron chi connectivity index (χ3n) is 4.32. The number of benzene rings is 1. The highest BCUT2D eigenvalue weighted by molar-refractivity contribution is 7.13. The second-order valence-electron chi connectivity index (χ2n) is 6.42. The molecule has 0 bridgehead atoms. The van der Waals surface area contributed by atoms with Crippen molar-refractivity contribution in [2.45, 2.75) is 26.3 Å². The lowest BCUT2D eigenvalue weighted by Gasteiger charge is -2.14. The second kappa shape index (κ2) is 9.68. The number of hydrogen-bond acceptors (Lipinski definition) is 7. The van der Waals surface area contributed by atoms with Crippen LogP contribution in [0, 0.1) is 24.1 Å². The summed E-state index contributed by atoms with van der Waals surface area (Å²) in [6, 6.07) is 6.42. The van der Waals surface area contributed by atoms with E-state index in [0.717, 1.165) is 11.3 Å². The molecule has 0 spiro atoms. The summed E-state index contributed by atoms with van der Waals surface area (Å²) in [6.07, 6.45) is 2.07. The van der Waals surface area contributed by atoms with Crippen molar-refractivity contribution in [3.8, 4) is 22.9 Å². The van der Waals surface area contributed by atoms with Crippen LogP contribution in [0.1, 0.15) is 28.9 Å². The lowest BCUT2D eigenvalue weighted by molar-refractivity contribution is 0.102. The van der Waals surface area contributed by atoms with Crippen LogP contribution in [0.4, 0.5) is 9.52 Å². The zero-order chi connectivity index (χ0) is 22.5. The van der Waals surface area contributed by atoms with Crippen molar-refractivity contribution in [3.63, 3.8) is 0 Å². The van der Waals surface area contributed by atoms with Crippen LogP contribution in [0.2, 0.25) is 5.02 Å². The second-order valence-corrected chi connectivity index (χ2v) is 7.77. The number of nitriles is 1. The van der Waals surface area contributed by atoms with Crippen LogP contribution in [0.5, 0.6) is 5.75 Å². The topological polar surface area (TPSA) is 110 Å². The quantitative estimate of drug-likeness (QED) is 0.532. The summed E-state index contributed by atoms with van der Waals surface area (Å²) in [4.78, 5) is 28.8. The Balaban J connectivity index is 1.98. The van der Waals surface area contributed by atoms with Crippen molar-refractivity contribution in [1.82, 2.24) is 14.8 Å². The van der Waals surface area contributed by atoms with Crippen molar-refractivity contribution >= 4 is 34.0 Å². The molecule has 0 fully saturated rings. The summed E-state index contributed by atoms with van der Waals surface area (Å²) in [5.74, 6) is -1.15. The fraction of sp³-hybridized carbons (Fsp3) is 0.250. The monoisotopic (exact) mass is 461 g/mol. The number of hydrogen-bond donors (Lipinski definition) is 1. The molecular formula is C20H17ClFN5O3S. The number of rotatable bonds is 7. The van der Waals surface area contributed by atoms with E-state index < -0.39 is 11.7 Å². The highest BCUT2D eigenvalue weighted by Gasteiger charge is 2.23. The largest absolute Gasteiger partial charge is 0.496 e. The molecule has 0 atom stereocenters. The summed E-state index contributed by atoms with van der Waals surface area (Å²) in [5.41, 5.74) is 0.881. The number of methoxy groups -OCH3 is 1. The van der Waals surface area contributed by atoms with Gasteiger partial charge in [0.05, 0.1) is 29.3 Å². The van der Waals surface area contributed by atoms with Gasteiger partial charge in [-0.1, -0.05) is 11.6 Å². The number of aromatic nitrogens is 3. The first kappa shape index (κ1) is 22.4. The first-order valence-electron chi connectivity index (χ1n) is 9.11. The molecule has 8 nitrogen and oxygen atoms in total. The Bertz CT molecular complexity index is 1230. The van der Waals surface area contributed by atoms with E-state index in [1.807, 2.05) is 6.07 Å². The molecule has 0 aliphatic carbocycles. The van der Waals surface area contributed by atoms with Gasteiger partial charge in [0.15, 0.2) is 5.82 Å². The van der Waals surface area contributed by atoms with Gasteiger partial charge in [-0.05, 0) is 42.9 Å². The number of halogens is 2. The van der Waals surface area contributed by atoms with Crippen LogP contribution in [0.15, 0.2) is 29.2 Å². The van der Waals surface area contributed by atoms with Crippen LogP contribution in [0.25, 0.3) is 11.1 Å². The lowest BCUT2D eigenvalue weighted by Crippen LogP contribution is -2.16. The van der Waals surface area contributed by atoms with Crippen LogP contribution >= 0.6 is 22.9 Å². The molecule has 3 aromatic rings. The zero-order valence-electron chi connectivity index (χ0n) is 16.6. The number of anilines is 1. The molecule has 1 amide bonds. The van der Waals surface area contributed by atoms with Crippen molar-refractivity contribution in [2.24, 2.45) is 0 Å². The van der Waals surface area contributed by atoms with Gasteiger partial charge in [-0.3, -0.25) is 19.9 Å². The number of pyridine rings is 1. The SMILES string of the molecule is COc1ccc(Cl)c(F)c1-c1cc(C)ncc1C(=O)Nc1nn(CCCC#N)c(=O)s1. The fourth-order valence-electron chi connectivity index (χ4n) is 2.87.